The molecule has 1 unspecified atom stereocenters. The Labute approximate surface area is 101 Å². The topological polar surface area (TPSA) is 13.1 Å². The maximum Gasteiger partial charge on any atom is 0.101 e. The molecule has 0 amide bonds. The van der Waals surface area contributed by atoms with Gasteiger partial charge in [0.2, 0.25) is 0 Å². The summed E-state index contributed by atoms with van der Waals surface area (Å²) in [5.74, 6) is 0.907. The standard InChI is InChI=1S/C14H15ClO/c1-10-3-5-12(6-4-10)8-14(15)13-7-11(2)16-9-13/h3-7,9,14H,8H2,1-2H3. The summed E-state index contributed by atoms with van der Waals surface area (Å²) in [4.78, 5) is 0. The van der Waals surface area contributed by atoms with Gasteiger partial charge in [-0.2, -0.15) is 0 Å². The molecule has 16 heavy (non-hydrogen) atoms. The van der Waals surface area contributed by atoms with E-state index in [0.717, 1.165) is 17.7 Å². The molecule has 1 nitrogen and oxygen atoms in total. The van der Waals surface area contributed by atoms with Crippen molar-refractivity contribution in [3.05, 3.63) is 59.0 Å². The summed E-state index contributed by atoms with van der Waals surface area (Å²) >= 11 is 6.33. The number of alkyl halides is 1. The predicted octanol–water partition coefficient (Wildman–Crippen LogP) is 4.42. The molecule has 0 fully saturated rings. The Morgan fingerprint density at radius 3 is 2.44 bits per heavy atom. The smallest absolute Gasteiger partial charge is 0.101 e. The average Bonchev–Trinajstić information content (AvgIpc) is 2.68. The lowest BCUT2D eigenvalue weighted by atomic mass is 10.0. The highest BCUT2D eigenvalue weighted by atomic mass is 35.5. The highest BCUT2D eigenvalue weighted by Crippen LogP contribution is 2.26. The van der Waals surface area contributed by atoms with Gasteiger partial charge in [0.25, 0.3) is 0 Å². The molecular formula is C14H15ClO. The summed E-state index contributed by atoms with van der Waals surface area (Å²) < 4.78 is 5.26. The molecule has 0 N–H and O–H groups in total. The zero-order valence-electron chi connectivity index (χ0n) is 9.53. The number of rotatable bonds is 3. The zero-order valence-corrected chi connectivity index (χ0v) is 10.3. The Balaban J connectivity index is 2.07. The van der Waals surface area contributed by atoms with Crippen LogP contribution in [-0.4, -0.2) is 0 Å². The minimum Gasteiger partial charge on any atom is -0.469 e. The molecule has 1 aromatic carbocycles. The van der Waals surface area contributed by atoms with Gasteiger partial charge in [-0.05, 0) is 31.9 Å². The second kappa shape index (κ2) is 4.75. The van der Waals surface area contributed by atoms with Gasteiger partial charge >= 0.3 is 0 Å². The third kappa shape index (κ3) is 2.67. The van der Waals surface area contributed by atoms with Gasteiger partial charge in [0.05, 0.1) is 11.6 Å². The summed E-state index contributed by atoms with van der Waals surface area (Å²) in [6.07, 6.45) is 2.57. The van der Waals surface area contributed by atoms with Crippen LogP contribution in [0.2, 0.25) is 0 Å². The Bertz CT molecular complexity index is 456. The molecule has 0 spiro atoms. The molecule has 0 saturated heterocycles. The van der Waals surface area contributed by atoms with Crippen LogP contribution in [0, 0.1) is 13.8 Å². The summed E-state index contributed by atoms with van der Waals surface area (Å²) in [6.45, 7) is 4.01. The van der Waals surface area contributed by atoms with Crippen LogP contribution in [-0.2, 0) is 6.42 Å². The van der Waals surface area contributed by atoms with E-state index in [1.54, 1.807) is 6.26 Å². The van der Waals surface area contributed by atoms with Gasteiger partial charge in [0, 0.05) is 5.56 Å². The van der Waals surface area contributed by atoms with Crippen molar-refractivity contribution in [3.63, 3.8) is 0 Å². The van der Waals surface area contributed by atoms with Crippen LogP contribution in [0.25, 0.3) is 0 Å². The molecule has 84 valence electrons. The highest BCUT2D eigenvalue weighted by molar-refractivity contribution is 6.20. The van der Waals surface area contributed by atoms with E-state index < -0.39 is 0 Å². The fourth-order valence-electron chi connectivity index (χ4n) is 1.68. The van der Waals surface area contributed by atoms with Gasteiger partial charge in [-0.1, -0.05) is 29.8 Å². The Kier molecular flexibility index (Phi) is 3.35. The number of benzene rings is 1. The number of hydrogen-bond donors (Lipinski definition) is 0. The van der Waals surface area contributed by atoms with E-state index >= 15 is 0 Å². The van der Waals surface area contributed by atoms with Gasteiger partial charge in [-0.15, -0.1) is 11.6 Å². The van der Waals surface area contributed by atoms with E-state index in [1.807, 2.05) is 13.0 Å². The lowest BCUT2D eigenvalue weighted by Crippen LogP contribution is -1.94. The first-order valence-corrected chi connectivity index (χ1v) is 5.83. The molecule has 0 saturated carbocycles. The van der Waals surface area contributed by atoms with Crippen LogP contribution in [0.4, 0.5) is 0 Å². The van der Waals surface area contributed by atoms with E-state index in [0.29, 0.717) is 0 Å². The fraction of sp³-hybridized carbons (Fsp3) is 0.286. The molecule has 1 atom stereocenters. The summed E-state index contributed by atoms with van der Waals surface area (Å²) in [6, 6.07) is 10.5. The molecule has 0 radical (unpaired) electrons. The van der Waals surface area contributed by atoms with Crippen LogP contribution in [0.15, 0.2) is 41.0 Å². The number of aryl methyl sites for hydroxylation is 2. The molecular weight excluding hydrogens is 220 g/mol. The summed E-state index contributed by atoms with van der Waals surface area (Å²) in [5, 5.41) is -0.0137. The molecule has 2 aromatic rings. The summed E-state index contributed by atoms with van der Waals surface area (Å²) in [7, 11) is 0. The van der Waals surface area contributed by atoms with Crippen molar-refractivity contribution in [2.75, 3.05) is 0 Å². The molecule has 0 bridgehead atoms. The van der Waals surface area contributed by atoms with Crippen LogP contribution in [0.1, 0.15) is 27.8 Å². The van der Waals surface area contributed by atoms with Crippen molar-refractivity contribution < 1.29 is 4.42 Å². The highest BCUT2D eigenvalue weighted by Gasteiger charge is 2.11. The SMILES string of the molecule is Cc1ccc(CC(Cl)c2coc(C)c2)cc1. The molecule has 0 aliphatic rings. The normalized spacial score (nSPS) is 12.7. The molecule has 0 aliphatic carbocycles. The van der Waals surface area contributed by atoms with Gasteiger partial charge in [-0.3, -0.25) is 0 Å². The van der Waals surface area contributed by atoms with Crippen molar-refractivity contribution in [1.82, 2.24) is 0 Å². The van der Waals surface area contributed by atoms with E-state index in [9.17, 15) is 0 Å². The number of furan rings is 1. The minimum atomic E-state index is -0.0137. The van der Waals surface area contributed by atoms with E-state index in [1.165, 1.54) is 11.1 Å². The van der Waals surface area contributed by atoms with Crippen LogP contribution < -0.4 is 0 Å². The quantitative estimate of drug-likeness (QED) is 0.717. The molecule has 0 aliphatic heterocycles. The Morgan fingerprint density at radius 1 is 1.19 bits per heavy atom. The van der Waals surface area contributed by atoms with Crippen molar-refractivity contribution in [3.8, 4) is 0 Å². The third-order valence-corrected chi connectivity index (χ3v) is 3.05. The van der Waals surface area contributed by atoms with Crippen molar-refractivity contribution in [1.29, 1.82) is 0 Å². The van der Waals surface area contributed by atoms with E-state index in [4.69, 9.17) is 16.0 Å². The van der Waals surface area contributed by atoms with Crippen molar-refractivity contribution in [2.24, 2.45) is 0 Å². The Hall–Kier alpha value is -1.21. The monoisotopic (exact) mass is 234 g/mol. The zero-order chi connectivity index (χ0) is 11.5. The van der Waals surface area contributed by atoms with Gasteiger partial charge in [-0.25, -0.2) is 0 Å². The average molecular weight is 235 g/mol. The lowest BCUT2D eigenvalue weighted by Gasteiger charge is -2.07. The van der Waals surface area contributed by atoms with E-state index in [-0.39, 0.29) is 5.38 Å². The fourth-order valence-corrected chi connectivity index (χ4v) is 1.97. The minimum absolute atomic E-state index is 0.0137. The lowest BCUT2D eigenvalue weighted by molar-refractivity contribution is 0.531. The largest absolute Gasteiger partial charge is 0.469 e. The van der Waals surface area contributed by atoms with Gasteiger partial charge < -0.3 is 4.42 Å². The third-order valence-electron chi connectivity index (χ3n) is 2.65. The van der Waals surface area contributed by atoms with Crippen molar-refractivity contribution in [2.45, 2.75) is 25.6 Å². The van der Waals surface area contributed by atoms with Crippen LogP contribution in [0.3, 0.4) is 0 Å². The first kappa shape index (κ1) is 11.3. The van der Waals surface area contributed by atoms with Gasteiger partial charge in [0.1, 0.15) is 5.76 Å². The van der Waals surface area contributed by atoms with Crippen molar-refractivity contribution >= 4 is 11.6 Å². The summed E-state index contributed by atoms with van der Waals surface area (Å²) in [5.41, 5.74) is 3.58. The van der Waals surface area contributed by atoms with Crippen LogP contribution in [0.5, 0.6) is 0 Å². The molecule has 1 heterocycles. The maximum absolute atomic E-state index is 6.33. The molecule has 1 aromatic heterocycles. The first-order valence-electron chi connectivity index (χ1n) is 5.40. The van der Waals surface area contributed by atoms with Crippen LogP contribution >= 0.6 is 11.6 Å². The predicted molar refractivity (Wildman–Crippen MR) is 66.9 cm³/mol. The number of halogens is 1. The molecule has 2 heteroatoms. The Morgan fingerprint density at radius 2 is 1.88 bits per heavy atom. The first-order chi connectivity index (χ1) is 7.65. The second-order valence-corrected chi connectivity index (χ2v) is 4.67. The van der Waals surface area contributed by atoms with Gasteiger partial charge in [0.15, 0.2) is 0 Å². The van der Waals surface area contributed by atoms with E-state index in [2.05, 4.69) is 31.2 Å². The maximum atomic E-state index is 6.33. The number of hydrogen-bond acceptors (Lipinski definition) is 1. The molecule has 2 rings (SSSR count). The second-order valence-electron chi connectivity index (χ2n) is 4.15.